The van der Waals surface area contributed by atoms with Crippen molar-refractivity contribution in [3.63, 3.8) is 0 Å². The molecular formula is C16H11Cl3N4OS. The summed E-state index contributed by atoms with van der Waals surface area (Å²) in [4.78, 5) is 11.2. The van der Waals surface area contributed by atoms with Crippen molar-refractivity contribution in [2.24, 2.45) is 0 Å². The number of nitrogens with one attached hydrogen (secondary N) is 2. The summed E-state index contributed by atoms with van der Waals surface area (Å²) < 4.78 is 1.38. The molecule has 0 spiro atoms. The van der Waals surface area contributed by atoms with Gasteiger partial charge in [0, 0.05) is 23.2 Å². The average molecular weight is 414 g/mol. The zero-order valence-electron chi connectivity index (χ0n) is 12.8. The molecule has 128 valence electrons. The van der Waals surface area contributed by atoms with E-state index in [1.165, 1.54) is 22.9 Å². The predicted molar refractivity (Wildman–Crippen MR) is 102 cm³/mol. The Bertz CT molecular complexity index is 988. The lowest BCUT2D eigenvalue weighted by atomic mass is 10.2. The number of amides is 1. The molecule has 3 aromatic rings. The molecule has 0 aliphatic heterocycles. The number of halogens is 3. The molecule has 1 amide bonds. The van der Waals surface area contributed by atoms with E-state index in [1.54, 1.807) is 24.3 Å². The molecular weight excluding hydrogens is 403 g/mol. The minimum Gasteiger partial charge on any atom is -0.326 e. The highest BCUT2D eigenvalue weighted by Gasteiger charge is 2.15. The Morgan fingerprint density at radius 2 is 1.76 bits per heavy atom. The Labute approximate surface area is 162 Å². The number of hydrogen-bond donors (Lipinski definition) is 2. The van der Waals surface area contributed by atoms with Crippen LogP contribution in [0.1, 0.15) is 6.92 Å². The number of carbonyl (C=O) groups excluding carboxylic acids is 1. The summed E-state index contributed by atoms with van der Waals surface area (Å²) in [6.45, 7) is 1.45. The first kappa shape index (κ1) is 17.9. The number of hydrogen-bond acceptors (Lipinski definition) is 4. The Morgan fingerprint density at radius 1 is 1.16 bits per heavy atom. The van der Waals surface area contributed by atoms with Crippen LogP contribution in [0.2, 0.25) is 15.1 Å². The van der Waals surface area contributed by atoms with E-state index in [0.717, 1.165) is 5.56 Å². The van der Waals surface area contributed by atoms with Crippen LogP contribution < -0.4 is 10.1 Å². The molecule has 0 saturated heterocycles. The lowest BCUT2D eigenvalue weighted by molar-refractivity contribution is -0.114. The second-order valence-electron chi connectivity index (χ2n) is 5.10. The molecule has 0 unspecified atom stereocenters. The van der Waals surface area contributed by atoms with Crippen LogP contribution in [-0.2, 0) is 4.79 Å². The first-order valence-electron chi connectivity index (χ1n) is 7.03. The van der Waals surface area contributed by atoms with Gasteiger partial charge in [-0.1, -0.05) is 46.1 Å². The van der Waals surface area contributed by atoms with E-state index >= 15 is 0 Å². The summed E-state index contributed by atoms with van der Waals surface area (Å²) in [5.41, 5.74) is 1.92. The topological polar surface area (TPSA) is 70.8 Å². The first-order chi connectivity index (χ1) is 11.8. The molecule has 3 rings (SSSR count). The molecule has 9 heteroatoms. The normalized spacial score (nSPS) is 10.7. The van der Waals surface area contributed by atoms with Crippen LogP contribution in [0.5, 0.6) is 0 Å². The van der Waals surface area contributed by atoms with Gasteiger partial charge >= 0.3 is 0 Å². The lowest BCUT2D eigenvalue weighted by Crippen LogP contribution is -2.13. The van der Waals surface area contributed by atoms with E-state index in [0.29, 0.717) is 31.5 Å². The van der Waals surface area contributed by atoms with Crippen LogP contribution in [0.3, 0.4) is 0 Å². The molecule has 0 bridgehead atoms. The number of aromatic nitrogens is 2. The summed E-state index contributed by atoms with van der Waals surface area (Å²) >= 11 is 19.5. The van der Waals surface area contributed by atoms with Gasteiger partial charge in [-0.15, -0.1) is 0 Å². The predicted octanol–water partition coefficient (Wildman–Crippen LogP) is 5.00. The molecule has 25 heavy (non-hydrogen) atoms. The van der Waals surface area contributed by atoms with Crippen LogP contribution in [0.15, 0.2) is 36.4 Å². The quantitative estimate of drug-likeness (QED) is 0.634. The third-order valence-electron chi connectivity index (χ3n) is 3.22. The number of benzene rings is 2. The maximum Gasteiger partial charge on any atom is 0.221 e. The van der Waals surface area contributed by atoms with Crippen molar-refractivity contribution in [3.8, 4) is 16.3 Å². The van der Waals surface area contributed by atoms with Crippen molar-refractivity contribution in [2.45, 2.75) is 6.92 Å². The van der Waals surface area contributed by atoms with E-state index in [2.05, 4.69) is 10.4 Å². The Balaban J connectivity index is 2.01. The Kier molecular flexibility index (Phi) is 5.15. The van der Waals surface area contributed by atoms with Gasteiger partial charge in [-0.3, -0.25) is 10.2 Å². The second-order valence-corrected chi connectivity index (χ2v) is 7.33. The molecule has 2 aromatic carbocycles. The van der Waals surface area contributed by atoms with Gasteiger partial charge in [0.2, 0.25) is 10.7 Å². The van der Waals surface area contributed by atoms with Gasteiger partial charge in [0.25, 0.3) is 0 Å². The fourth-order valence-electron chi connectivity index (χ4n) is 2.20. The van der Waals surface area contributed by atoms with Gasteiger partial charge in [0.15, 0.2) is 0 Å². The largest absolute Gasteiger partial charge is 0.326 e. The first-order valence-corrected chi connectivity index (χ1v) is 8.98. The molecule has 0 radical (unpaired) electrons. The fraction of sp³-hybridized carbons (Fsp3) is 0.0625. The van der Waals surface area contributed by atoms with Crippen LogP contribution in [-0.4, -0.2) is 15.7 Å². The Hall–Kier alpha value is -1.86. The molecule has 2 N–H and O–H groups in total. The third-order valence-corrected chi connectivity index (χ3v) is 4.89. The fourth-order valence-corrected chi connectivity index (χ4v) is 3.95. The molecule has 0 aliphatic rings. The molecule has 0 saturated carbocycles. The highest BCUT2D eigenvalue weighted by atomic mass is 35.5. The van der Waals surface area contributed by atoms with E-state index < -0.39 is 0 Å². The zero-order valence-corrected chi connectivity index (χ0v) is 15.9. The van der Waals surface area contributed by atoms with Gasteiger partial charge in [-0.05, 0) is 36.4 Å². The number of carbonyl (C=O) groups is 1. The third kappa shape index (κ3) is 3.88. The second kappa shape index (κ2) is 7.17. The van der Waals surface area contributed by atoms with Crippen LogP contribution >= 0.6 is 46.1 Å². The highest BCUT2D eigenvalue weighted by Crippen LogP contribution is 2.32. The van der Waals surface area contributed by atoms with Crippen molar-refractivity contribution in [1.29, 1.82) is 5.41 Å². The Morgan fingerprint density at radius 3 is 2.32 bits per heavy atom. The van der Waals surface area contributed by atoms with Gasteiger partial charge in [-0.25, -0.2) is 4.68 Å². The van der Waals surface area contributed by atoms with Gasteiger partial charge in [-0.2, -0.15) is 5.10 Å². The number of nitrogens with zero attached hydrogens (tertiary/aromatic N) is 2. The maximum atomic E-state index is 11.1. The summed E-state index contributed by atoms with van der Waals surface area (Å²) in [6, 6.07) is 10.3. The summed E-state index contributed by atoms with van der Waals surface area (Å²) in [5, 5.41) is 17.0. The molecule has 0 fully saturated rings. The minimum absolute atomic E-state index is 0.139. The summed E-state index contributed by atoms with van der Waals surface area (Å²) in [7, 11) is 0. The minimum atomic E-state index is -0.139. The zero-order chi connectivity index (χ0) is 18.1. The van der Waals surface area contributed by atoms with Crippen LogP contribution in [0, 0.1) is 5.41 Å². The van der Waals surface area contributed by atoms with E-state index in [-0.39, 0.29) is 10.7 Å². The summed E-state index contributed by atoms with van der Waals surface area (Å²) in [6.07, 6.45) is 0. The van der Waals surface area contributed by atoms with Crippen molar-refractivity contribution >= 4 is 57.7 Å². The van der Waals surface area contributed by atoms with E-state index in [4.69, 9.17) is 40.2 Å². The molecule has 0 atom stereocenters. The van der Waals surface area contributed by atoms with E-state index in [9.17, 15) is 4.79 Å². The van der Waals surface area contributed by atoms with Gasteiger partial charge in [0.05, 0.1) is 10.0 Å². The van der Waals surface area contributed by atoms with Crippen LogP contribution in [0.25, 0.3) is 16.3 Å². The van der Waals surface area contributed by atoms with Gasteiger partial charge < -0.3 is 5.32 Å². The van der Waals surface area contributed by atoms with E-state index in [1.807, 2.05) is 12.1 Å². The number of rotatable bonds is 3. The van der Waals surface area contributed by atoms with Crippen molar-refractivity contribution in [1.82, 2.24) is 9.78 Å². The molecule has 1 heterocycles. The monoisotopic (exact) mass is 412 g/mol. The SMILES string of the molecule is CC(=O)Nc1ccc(-c2nn(-c3c(Cl)cc(Cl)cc3Cl)c(=N)s2)cc1. The average Bonchev–Trinajstić information content (AvgIpc) is 2.88. The van der Waals surface area contributed by atoms with Crippen molar-refractivity contribution in [2.75, 3.05) is 5.32 Å². The van der Waals surface area contributed by atoms with Crippen molar-refractivity contribution < 1.29 is 4.79 Å². The van der Waals surface area contributed by atoms with Crippen molar-refractivity contribution in [3.05, 3.63) is 56.3 Å². The highest BCUT2D eigenvalue weighted by molar-refractivity contribution is 7.12. The lowest BCUT2D eigenvalue weighted by Gasteiger charge is -2.07. The summed E-state index contributed by atoms with van der Waals surface area (Å²) in [5.74, 6) is -0.139. The maximum absolute atomic E-state index is 11.1. The smallest absolute Gasteiger partial charge is 0.221 e. The molecule has 0 aliphatic carbocycles. The standard InChI is InChI=1S/C16H11Cl3N4OS/c1-8(24)21-11-4-2-9(3-5-11)15-22-23(16(20)25-15)14-12(18)6-10(17)7-13(14)19/h2-7,20H,1H3,(H,21,24). The van der Waals surface area contributed by atoms with Gasteiger partial charge in [0.1, 0.15) is 10.7 Å². The molecule has 1 aromatic heterocycles. The molecule has 5 nitrogen and oxygen atoms in total. The van der Waals surface area contributed by atoms with Crippen LogP contribution in [0.4, 0.5) is 5.69 Å². The number of anilines is 1.